The number of halogens is 3. The van der Waals surface area contributed by atoms with Gasteiger partial charge in [-0.1, -0.05) is 29.8 Å². The smallest absolute Gasteiger partial charge is 0.318 e. The van der Waals surface area contributed by atoms with Crippen LogP contribution < -0.4 is 10.1 Å². The Balaban J connectivity index is 2.17. The molecule has 0 heterocycles. The number of hydrogen-bond donors (Lipinski definition) is 2. The number of hydrogen-bond acceptors (Lipinski definition) is 4. The van der Waals surface area contributed by atoms with Crippen LogP contribution in [-0.4, -0.2) is 26.2 Å². The van der Waals surface area contributed by atoms with Crippen molar-refractivity contribution in [2.75, 3.05) is 5.32 Å². The Morgan fingerprint density at radius 1 is 1.07 bits per heavy atom. The summed E-state index contributed by atoms with van der Waals surface area (Å²) < 4.78 is 61.4. The number of anilines is 1. The molecule has 2 N–H and O–H groups in total. The van der Waals surface area contributed by atoms with Crippen LogP contribution >= 0.6 is 0 Å². The summed E-state index contributed by atoms with van der Waals surface area (Å²) in [6.45, 7) is 3.29. The molecule has 1 amide bonds. The van der Waals surface area contributed by atoms with Gasteiger partial charge < -0.3 is 5.32 Å². The van der Waals surface area contributed by atoms with Crippen molar-refractivity contribution >= 4 is 27.3 Å². The minimum Gasteiger partial charge on any atom is -0.318 e. The molecule has 2 rings (SSSR count). The van der Waals surface area contributed by atoms with Crippen LogP contribution in [-0.2, 0) is 14.8 Å². The summed E-state index contributed by atoms with van der Waals surface area (Å²) in [6.07, 6.45) is -5.01. The van der Waals surface area contributed by atoms with Gasteiger partial charge in [-0.2, -0.15) is 31.5 Å². The van der Waals surface area contributed by atoms with Crippen LogP contribution in [0.1, 0.15) is 18.1 Å². The van der Waals surface area contributed by atoms with Gasteiger partial charge in [0, 0.05) is 5.69 Å². The summed E-state index contributed by atoms with van der Waals surface area (Å²) in [5.41, 5.74) is 1.34. The maximum Gasteiger partial charge on any atom is 0.471 e. The van der Waals surface area contributed by atoms with Gasteiger partial charge in [0.2, 0.25) is 0 Å². The summed E-state index contributed by atoms with van der Waals surface area (Å²) in [6, 6.07) is 11.6. The van der Waals surface area contributed by atoms with E-state index in [-0.39, 0.29) is 16.3 Å². The van der Waals surface area contributed by atoms with E-state index in [1.165, 1.54) is 43.3 Å². The van der Waals surface area contributed by atoms with Gasteiger partial charge in [-0.3, -0.25) is 4.79 Å². The normalized spacial score (nSPS) is 12.6. The molecule has 10 heteroatoms. The lowest BCUT2D eigenvalue weighted by Gasteiger charge is -2.10. The van der Waals surface area contributed by atoms with Crippen molar-refractivity contribution in [1.82, 2.24) is 4.83 Å². The van der Waals surface area contributed by atoms with Gasteiger partial charge in [0.05, 0.1) is 10.6 Å². The number of rotatable bonds is 5. The fourth-order valence-corrected chi connectivity index (χ4v) is 2.84. The zero-order valence-corrected chi connectivity index (χ0v) is 15.1. The Morgan fingerprint density at radius 3 is 2.30 bits per heavy atom. The molecule has 2 aromatic carbocycles. The number of alkyl halides is 3. The highest BCUT2D eigenvalue weighted by Gasteiger charge is 2.38. The highest BCUT2D eigenvalue weighted by atomic mass is 32.2. The molecule has 0 aromatic heterocycles. The molecule has 0 aliphatic carbocycles. The average Bonchev–Trinajstić information content (AvgIpc) is 2.59. The average molecular weight is 399 g/mol. The molecule has 0 fully saturated rings. The molecule has 0 bridgehead atoms. The molecule has 0 aliphatic heterocycles. The van der Waals surface area contributed by atoms with E-state index in [9.17, 15) is 26.4 Å². The summed E-state index contributed by atoms with van der Waals surface area (Å²) in [4.78, 5) is 13.1. The molecule has 2 aromatic rings. The maximum atomic E-state index is 12.3. The second-order valence-electron chi connectivity index (χ2n) is 5.64. The van der Waals surface area contributed by atoms with Gasteiger partial charge in [-0.15, -0.1) is 0 Å². The first kappa shape index (κ1) is 20.4. The number of benzene rings is 2. The first-order valence-corrected chi connectivity index (χ1v) is 9.09. The molecule has 6 nitrogen and oxygen atoms in total. The lowest BCUT2D eigenvalue weighted by molar-refractivity contribution is -0.167. The van der Waals surface area contributed by atoms with Crippen LogP contribution in [0.4, 0.5) is 18.9 Å². The van der Waals surface area contributed by atoms with Crippen LogP contribution in [0.5, 0.6) is 0 Å². The predicted molar refractivity (Wildman–Crippen MR) is 94.8 cm³/mol. The Bertz CT molecular complexity index is 969. The van der Waals surface area contributed by atoms with E-state index in [1.807, 2.05) is 6.92 Å². The Kier molecular flexibility index (Phi) is 5.89. The van der Waals surface area contributed by atoms with E-state index in [1.54, 1.807) is 17.4 Å². The summed E-state index contributed by atoms with van der Waals surface area (Å²) >= 11 is 0. The minimum absolute atomic E-state index is 0.0239. The van der Waals surface area contributed by atoms with E-state index >= 15 is 0 Å². The highest BCUT2D eigenvalue weighted by molar-refractivity contribution is 7.89. The predicted octanol–water partition coefficient (Wildman–Crippen LogP) is 3.20. The lowest BCUT2D eigenvalue weighted by atomic mass is 10.1. The van der Waals surface area contributed by atoms with Crippen LogP contribution in [0.3, 0.4) is 0 Å². The van der Waals surface area contributed by atoms with Crippen LogP contribution in [0, 0.1) is 6.92 Å². The molecule has 144 valence electrons. The largest absolute Gasteiger partial charge is 0.471 e. The Hall–Kier alpha value is -2.88. The molecule has 27 heavy (non-hydrogen) atoms. The standard InChI is InChI=1S/C17H16F3N3O3S/c1-11-6-8-15(9-7-11)27(25,26)23-22-12(2)13-4-3-5-14(10-13)21-16(24)17(18,19)20/h3-10,23H,1-2H3,(H,21,24). The third-order valence-corrected chi connectivity index (χ3v) is 4.68. The van der Waals surface area contributed by atoms with Gasteiger partial charge in [0.25, 0.3) is 10.0 Å². The zero-order valence-electron chi connectivity index (χ0n) is 14.3. The fourth-order valence-electron chi connectivity index (χ4n) is 1.99. The molecule has 0 saturated heterocycles. The summed E-state index contributed by atoms with van der Waals surface area (Å²) in [5.74, 6) is -2.10. The van der Waals surface area contributed by atoms with E-state index in [2.05, 4.69) is 9.93 Å². The number of amides is 1. The molecule has 0 aliphatic rings. The molecule has 0 saturated carbocycles. The van der Waals surface area contributed by atoms with Crippen molar-refractivity contribution in [2.24, 2.45) is 5.10 Å². The van der Waals surface area contributed by atoms with Gasteiger partial charge in [-0.05, 0) is 43.7 Å². The van der Waals surface area contributed by atoms with Crippen molar-refractivity contribution in [1.29, 1.82) is 0 Å². The van der Waals surface area contributed by atoms with Crippen LogP contribution in [0.25, 0.3) is 0 Å². The van der Waals surface area contributed by atoms with Crippen molar-refractivity contribution in [3.8, 4) is 0 Å². The van der Waals surface area contributed by atoms with Crippen molar-refractivity contribution in [3.05, 3.63) is 59.7 Å². The number of sulfonamides is 1. The molecule has 0 radical (unpaired) electrons. The number of carbonyl (C=O) groups is 1. The van der Waals surface area contributed by atoms with E-state index < -0.39 is 22.1 Å². The molecular weight excluding hydrogens is 383 g/mol. The van der Waals surface area contributed by atoms with E-state index in [0.29, 0.717) is 5.56 Å². The number of nitrogens with one attached hydrogen (secondary N) is 2. The minimum atomic E-state index is -5.01. The summed E-state index contributed by atoms with van der Waals surface area (Å²) in [5, 5.41) is 5.50. The zero-order chi connectivity index (χ0) is 20.2. The number of hydrazone groups is 1. The number of aryl methyl sites for hydroxylation is 1. The van der Waals surface area contributed by atoms with Crippen LogP contribution in [0.15, 0.2) is 58.5 Å². The SMILES string of the molecule is CC(=NNS(=O)(=O)c1ccc(C)cc1)c1cccc(NC(=O)C(F)(F)F)c1. The van der Waals surface area contributed by atoms with Crippen LogP contribution in [0.2, 0.25) is 0 Å². The number of nitrogens with zero attached hydrogens (tertiary/aromatic N) is 1. The molecular formula is C17H16F3N3O3S. The third-order valence-electron chi connectivity index (χ3n) is 3.46. The first-order valence-electron chi connectivity index (χ1n) is 7.60. The van der Waals surface area contributed by atoms with Gasteiger partial charge in [0.1, 0.15) is 0 Å². The topological polar surface area (TPSA) is 87.6 Å². The van der Waals surface area contributed by atoms with Gasteiger partial charge in [0.15, 0.2) is 0 Å². The monoisotopic (exact) mass is 399 g/mol. The van der Waals surface area contributed by atoms with Gasteiger partial charge in [-0.25, -0.2) is 0 Å². The number of carbonyl (C=O) groups excluding carboxylic acids is 1. The first-order chi connectivity index (χ1) is 12.5. The maximum absolute atomic E-state index is 12.3. The van der Waals surface area contributed by atoms with Crippen molar-refractivity contribution in [2.45, 2.75) is 24.9 Å². The van der Waals surface area contributed by atoms with E-state index in [0.717, 1.165) is 5.56 Å². The second-order valence-corrected chi connectivity index (χ2v) is 7.30. The van der Waals surface area contributed by atoms with Gasteiger partial charge >= 0.3 is 12.1 Å². The summed E-state index contributed by atoms with van der Waals surface area (Å²) in [7, 11) is -3.88. The third kappa shape index (κ3) is 5.55. The Labute approximate surface area is 154 Å². The molecule has 0 atom stereocenters. The second kappa shape index (κ2) is 7.78. The van der Waals surface area contributed by atoms with Crippen molar-refractivity contribution < 1.29 is 26.4 Å². The lowest BCUT2D eigenvalue weighted by Crippen LogP contribution is -2.29. The fraction of sp³-hybridized carbons (Fsp3) is 0.176. The quantitative estimate of drug-likeness (QED) is 0.598. The highest BCUT2D eigenvalue weighted by Crippen LogP contribution is 2.19. The van der Waals surface area contributed by atoms with Crippen molar-refractivity contribution in [3.63, 3.8) is 0 Å². The Morgan fingerprint density at radius 2 is 1.70 bits per heavy atom. The molecule has 0 spiro atoms. The molecule has 0 unspecified atom stereocenters. The van der Waals surface area contributed by atoms with E-state index in [4.69, 9.17) is 0 Å².